The maximum atomic E-state index is 11.1. The van der Waals surface area contributed by atoms with Crippen LogP contribution in [0.4, 0.5) is 5.69 Å². The molecule has 74 valence electrons. The van der Waals surface area contributed by atoms with Gasteiger partial charge in [0.2, 0.25) is 0 Å². The van der Waals surface area contributed by atoms with Crippen molar-refractivity contribution < 1.29 is 4.79 Å². The molecule has 0 fully saturated rings. The third-order valence-corrected chi connectivity index (χ3v) is 2.17. The van der Waals surface area contributed by atoms with Crippen molar-refractivity contribution in [1.82, 2.24) is 0 Å². The molecule has 2 nitrogen and oxygen atoms in total. The summed E-state index contributed by atoms with van der Waals surface area (Å²) < 4.78 is 0. The molecule has 0 radical (unpaired) electrons. The number of aliphatic imine (C=N–C) groups is 1. The van der Waals surface area contributed by atoms with E-state index in [0.29, 0.717) is 22.8 Å². The first-order valence-corrected chi connectivity index (χ1v) is 4.86. The van der Waals surface area contributed by atoms with Crippen LogP contribution in [0.25, 0.3) is 0 Å². The third kappa shape index (κ3) is 2.67. The molecule has 0 saturated carbocycles. The van der Waals surface area contributed by atoms with Crippen molar-refractivity contribution in [3.8, 4) is 0 Å². The molecule has 0 aliphatic carbocycles. The van der Waals surface area contributed by atoms with Crippen molar-refractivity contribution in [2.24, 2.45) is 4.99 Å². The van der Waals surface area contributed by atoms with Crippen molar-refractivity contribution in [2.45, 2.75) is 20.3 Å². The minimum atomic E-state index is -0.00702. The van der Waals surface area contributed by atoms with Crippen LogP contribution in [0.1, 0.15) is 20.3 Å². The Kier molecular flexibility index (Phi) is 3.84. The van der Waals surface area contributed by atoms with Gasteiger partial charge in [-0.25, -0.2) is 4.99 Å². The number of hydrogen-bond acceptors (Lipinski definition) is 2. The lowest BCUT2D eigenvalue weighted by Gasteiger charge is -2.00. The summed E-state index contributed by atoms with van der Waals surface area (Å²) in [5, 5.41) is 0.569. The van der Waals surface area contributed by atoms with Gasteiger partial charge in [0.25, 0.3) is 0 Å². The SMILES string of the molecule is CCC(=Nc1ccccc1Cl)C(C)=O. The second-order valence-corrected chi connectivity index (χ2v) is 3.33. The summed E-state index contributed by atoms with van der Waals surface area (Å²) >= 11 is 5.91. The largest absolute Gasteiger partial charge is 0.293 e. The Morgan fingerprint density at radius 3 is 2.57 bits per heavy atom. The zero-order valence-electron chi connectivity index (χ0n) is 8.25. The summed E-state index contributed by atoms with van der Waals surface area (Å²) in [6, 6.07) is 7.23. The topological polar surface area (TPSA) is 29.4 Å². The second kappa shape index (κ2) is 4.91. The fourth-order valence-corrected chi connectivity index (χ4v) is 1.27. The fraction of sp³-hybridized carbons (Fsp3) is 0.273. The smallest absolute Gasteiger partial charge is 0.173 e. The first-order chi connectivity index (χ1) is 6.65. The number of ketones is 1. The molecule has 0 heterocycles. The van der Waals surface area contributed by atoms with Gasteiger partial charge in [0, 0.05) is 6.92 Å². The van der Waals surface area contributed by atoms with Crippen LogP contribution in [-0.4, -0.2) is 11.5 Å². The van der Waals surface area contributed by atoms with Gasteiger partial charge < -0.3 is 0 Å². The Labute approximate surface area is 88.6 Å². The highest BCUT2D eigenvalue weighted by Gasteiger charge is 2.04. The van der Waals surface area contributed by atoms with E-state index in [9.17, 15) is 4.79 Å². The summed E-state index contributed by atoms with van der Waals surface area (Å²) in [6.07, 6.45) is 0.626. The highest BCUT2D eigenvalue weighted by atomic mass is 35.5. The fourth-order valence-electron chi connectivity index (χ4n) is 1.09. The van der Waals surface area contributed by atoms with Gasteiger partial charge in [-0.2, -0.15) is 0 Å². The zero-order valence-corrected chi connectivity index (χ0v) is 9.01. The molecule has 0 N–H and O–H groups in total. The predicted octanol–water partition coefficient (Wildman–Crippen LogP) is 3.41. The summed E-state index contributed by atoms with van der Waals surface area (Å²) in [7, 11) is 0. The molecule has 1 aromatic rings. The summed E-state index contributed by atoms with van der Waals surface area (Å²) in [5.74, 6) is -0.00702. The Bertz CT molecular complexity index is 371. The molecule has 0 aromatic heterocycles. The number of rotatable bonds is 3. The van der Waals surface area contributed by atoms with Gasteiger partial charge in [-0.3, -0.25) is 4.79 Å². The van der Waals surface area contributed by atoms with E-state index in [1.54, 1.807) is 12.1 Å². The first-order valence-electron chi connectivity index (χ1n) is 4.48. The van der Waals surface area contributed by atoms with Gasteiger partial charge in [0.1, 0.15) is 0 Å². The molecule has 1 rings (SSSR count). The van der Waals surface area contributed by atoms with Crippen LogP contribution in [0.3, 0.4) is 0 Å². The van der Waals surface area contributed by atoms with Crippen LogP contribution in [-0.2, 0) is 4.79 Å². The van der Waals surface area contributed by atoms with E-state index in [-0.39, 0.29) is 5.78 Å². The molecule has 0 aliphatic rings. The van der Waals surface area contributed by atoms with E-state index < -0.39 is 0 Å². The normalized spacial score (nSPS) is 11.5. The number of para-hydroxylation sites is 1. The van der Waals surface area contributed by atoms with E-state index >= 15 is 0 Å². The summed E-state index contributed by atoms with van der Waals surface area (Å²) in [6.45, 7) is 3.41. The average molecular weight is 210 g/mol. The molecular weight excluding hydrogens is 198 g/mol. The lowest BCUT2D eigenvalue weighted by Crippen LogP contribution is -2.07. The molecule has 0 spiro atoms. The van der Waals surface area contributed by atoms with Crippen molar-refractivity contribution in [2.75, 3.05) is 0 Å². The number of Topliss-reactive ketones (excluding diaryl/α,β-unsaturated/α-hetero) is 1. The lowest BCUT2D eigenvalue weighted by atomic mass is 10.2. The molecule has 0 bridgehead atoms. The molecule has 1 aromatic carbocycles. The van der Waals surface area contributed by atoms with E-state index in [1.165, 1.54) is 6.92 Å². The third-order valence-electron chi connectivity index (χ3n) is 1.85. The van der Waals surface area contributed by atoms with E-state index in [4.69, 9.17) is 11.6 Å². The van der Waals surface area contributed by atoms with Crippen LogP contribution in [0, 0.1) is 0 Å². The number of carbonyl (C=O) groups is 1. The van der Waals surface area contributed by atoms with Crippen molar-refractivity contribution in [3.63, 3.8) is 0 Å². The molecule has 0 saturated heterocycles. The molecule has 3 heteroatoms. The Balaban J connectivity index is 3.07. The Hall–Kier alpha value is -1.15. The van der Waals surface area contributed by atoms with Crippen LogP contribution in [0.5, 0.6) is 0 Å². The zero-order chi connectivity index (χ0) is 10.6. The predicted molar refractivity (Wildman–Crippen MR) is 59.5 cm³/mol. The number of halogens is 1. The minimum absolute atomic E-state index is 0.00702. The maximum Gasteiger partial charge on any atom is 0.173 e. The maximum absolute atomic E-state index is 11.1. The molecular formula is C11H12ClNO. The monoisotopic (exact) mass is 209 g/mol. The van der Waals surface area contributed by atoms with Gasteiger partial charge in [-0.1, -0.05) is 30.7 Å². The average Bonchev–Trinajstić information content (AvgIpc) is 2.16. The van der Waals surface area contributed by atoms with E-state index in [0.717, 1.165) is 0 Å². The minimum Gasteiger partial charge on any atom is -0.293 e. The molecule has 14 heavy (non-hydrogen) atoms. The van der Waals surface area contributed by atoms with Crippen LogP contribution >= 0.6 is 11.6 Å². The van der Waals surface area contributed by atoms with Gasteiger partial charge in [0.15, 0.2) is 5.78 Å². The highest BCUT2D eigenvalue weighted by Crippen LogP contribution is 2.24. The summed E-state index contributed by atoms with van der Waals surface area (Å²) in [5.41, 5.74) is 1.21. The lowest BCUT2D eigenvalue weighted by molar-refractivity contribution is -0.111. The Morgan fingerprint density at radius 2 is 2.07 bits per heavy atom. The van der Waals surface area contributed by atoms with Crippen molar-refractivity contribution in [3.05, 3.63) is 29.3 Å². The number of benzene rings is 1. The standard InChI is InChI=1S/C11H12ClNO/c1-3-10(8(2)14)13-11-7-5-4-6-9(11)12/h4-7H,3H2,1-2H3. The Morgan fingerprint density at radius 1 is 1.43 bits per heavy atom. The number of nitrogens with zero attached hydrogens (tertiary/aromatic N) is 1. The first kappa shape index (κ1) is 10.9. The second-order valence-electron chi connectivity index (χ2n) is 2.92. The number of hydrogen-bond donors (Lipinski definition) is 0. The van der Waals surface area contributed by atoms with Gasteiger partial charge in [-0.15, -0.1) is 0 Å². The van der Waals surface area contributed by atoms with Crippen LogP contribution < -0.4 is 0 Å². The van der Waals surface area contributed by atoms with Crippen LogP contribution in [0.2, 0.25) is 5.02 Å². The highest BCUT2D eigenvalue weighted by molar-refractivity contribution is 6.40. The molecule has 0 aliphatic heterocycles. The van der Waals surface area contributed by atoms with Gasteiger partial charge in [0.05, 0.1) is 16.4 Å². The van der Waals surface area contributed by atoms with Crippen LogP contribution in [0.15, 0.2) is 29.3 Å². The van der Waals surface area contributed by atoms with Gasteiger partial charge >= 0.3 is 0 Å². The van der Waals surface area contributed by atoms with Gasteiger partial charge in [-0.05, 0) is 18.6 Å². The molecule has 0 unspecified atom stereocenters. The van der Waals surface area contributed by atoms with E-state index in [2.05, 4.69) is 4.99 Å². The molecule has 0 amide bonds. The summed E-state index contributed by atoms with van der Waals surface area (Å²) in [4.78, 5) is 15.3. The van der Waals surface area contributed by atoms with E-state index in [1.807, 2.05) is 19.1 Å². The molecule has 0 atom stereocenters. The number of carbonyl (C=O) groups excluding carboxylic acids is 1. The van der Waals surface area contributed by atoms with Crippen molar-refractivity contribution in [1.29, 1.82) is 0 Å². The van der Waals surface area contributed by atoms with Crippen molar-refractivity contribution >= 4 is 28.8 Å². The quantitative estimate of drug-likeness (QED) is 0.702.